The van der Waals surface area contributed by atoms with Crippen LogP contribution in [-0.2, 0) is 16.0 Å². The number of hydrogen-bond donors (Lipinski definition) is 3. The quantitative estimate of drug-likeness (QED) is 0.562. The van der Waals surface area contributed by atoms with E-state index in [-0.39, 0.29) is 12.3 Å². The number of primary amides is 1. The Morgan fingerprint density at radius 1 is 1.16 bits per heavy atom. The predicted molar refractivity (Wildman–Crippen MR) is 122 cm³/mol. The molecule has 2 fully saturated rings. The minimum atomic E-state index is -0.921. The number of nitrogens with zero attached hydrogens (tertiary/aromatic N) is 1. The van der Waals surface area contributed by atoms with Gasteiger partial charge in [0, 0.05) is 19.5 Å². The summed E-state index contributed by atoms with van der Waals surface area (Å²) in [7, 11) is 0. The Hall–Kier alpha value is -1.92. The molecule has 1 saturated carbocycles. The van der Waals surface area contributed by atoms with Crippen molar-refractivity contribution < 1.29 is 14.7 Å². The summed E-state index contributed by atoms with van der Waals surface area (Å²) in [5, 5.41) is 14.1. The van der Waals surface area contributed by atoms with Crippen molar-refractivity contribution in [1.82, 2.24) is 10.2 Å². The lowest BCUT2D eigenvalue weighted by Gasteiger charge is -2.42. The lowest BCUT2D eigenvalue weighted by atomic mass is 9.75. The van der Waals surface area contributed by atoms with Gasteiger partial charge in [-0.05, 0) is 43.2 Å². The van der Waals surface area contributed by atoms with Gasteiger partial charge in [-0.3, -0.25) is 9.59 Å². The molecule has 2 amide bonds. The van der Waals surface area contributed by atoms with E-state index in [1.807, 2.05) is 30.3 Å². The average molecular weight is 430 g/mol. The second-order valence-corrected chi connectivity index (χ2v) is 10.2. The van der Waals surface area contributed by atoms with Gasteiger partial charge in [-0.2, -0.15) is 0 Å². The van der Waals surface area contributed by atoms with Crippen LogP contribution < -0.4 is 11.1 Å². The number of carbonyl (C=O) groups excluding carboxylic acids is 2. The van der Waals surface area contributed by atoms with E-state index in [2.05, 4.69) is 10.2 Å². The molecule has 0 aromatic heterocycles. The Morgan fingerprint density at radius 2 is 1.84 bits per heavy atom. The first-order valence-corrected chi connectivity index (χ1v) is 11.8. The summed E-state index contributed by atoms with van der Waals surface area (Å²) in [5.74, 6) is 0.833. The van der Waals surface area contributed by atoms with E-state index in [1.165, 1.54) is 32.1 Å². The molecule has 3 rings (SSSR count). The highest BCUT2D eigenvalue weighted by molar-refractivity contribution is 5.87. The van der Waals surface area contributed by atoms with Crippen LogP contribution in [0.25, 0.3) is 0 Å². The van der Waals surface area contributed by atoms with Gasteiger partial charge in [0.15, 0.2) is 0 Å². The molecule has 6 nitrogen and oxygen atoms in total. The monoisotopic (exact) mass is 429 g/mol. The van der Waals surface area contributed by atoms with Gasteiger partial charge in [0.2, 0.25) is 11.8 Å². The summed E-state index contributed by atoms with van der Waals surface area (Å²) < 4.78 is 0. The topological polar surface area (TPSA) is 95.7 Å². The normalized spacial score (nSPS) is 24.1. The number of nitrogens with one attached hydrogen (secondary N) is 1. The number of aliphatic hydroxyl groups is 1. The first kappa shape index (κ1) is 23.7. The third kappa shape index (κ3) is 6.78. The molecular formula is C25H39N3O3. The standard InChI is InChI=1S/C25H39N3O3/c1-25(2,24(26)31)15-23(30)27-21(14-18-8-4-3-5-9-18)22(29)17-28-13-12-19-10-6-7-11-20(19)16-28/h3-5,8-9,19-22,29H,6-7,10-17H2,1-2H3,(H2,26,31)(H,27,30)/t19?,20-,21+,22-/m1/s1. The van der Waals surface area contributed by atoms with E-state index in [9.17, 15) is 14.7 Å². The molecule has 4 atom stereocenters. The second-order valence-electron chi connectivity index (χ2n) is 10.2. The van der Waals surface area contributed by atoms with E-state index in [0.717, 1.165) is 30.5 Å². The first-order valence-electron chi connectivity index (χ1n) is 11.8. The zero-order valence-electron chi connectivity index (χ0n) is 19.1. The molecule has 1 aliphatic heterocycles. The maximum Gasteiger partial charge on any atom is 0.223 e. The maximum absolute atomic E-state index is 12.7. The summed E-state index contributed by atoms with van der Waals surface area (Å²) in [6.45, 7) is 5.96. The fraction of sp³-hybridized carbons (Fsp3) is 0.680. The average Bonchev–Trinajstić information content (AvgIpc) is 2.73. The van der Waals surface area contributed by atoms with Crippen molar-refractivity contribution in [3.8, 4) is 0 Å². The number of benzene rings is 1. The molecule has 2 aliphatic rings. The van der Waals surface area contributed by atoms with E-state index >= 15 is 0 Å². The number of carbonyl (C=O) groups is 2. The van der Waals surface area contributed by atoms with Crippen molar-refractivity contribution in [2.24, 2.45) is 23.0 Å². The number of likely N-dealkylation sites (tertiary alicyclic amines) is 1. The molecule has 1 aromatic carbocycles. The van der Waals surface area contributed by atoms with Gasteiger partial charge < -0.3 is 21.1 Å². The van der Waals surface area contributed by atoms with Crippen LogP contribution in [-0.4, -0.2) is 53.6 Å². The van der Waals surface area contributed by atoms with Gasteiger partial charge in [0.05, 0.1) is 17.6 Å². The van der Waals surface area contributed by atoms with Crippen LogP contribution in [0.1, 0.15) is 57.9 Å². The molecule has 0 bridgehead atoms. The van der Waals surface area contributed by atoms with Crippen molar-refractivity contribution in [2.45, 2.75) is 70.9 Å². The summed E-state index contributed by atoms with van der Waals surface area (Å²) in [6.07, 6.45) is 6.41. The van der Waals surface area contributed by atoms with Gasteiger partial charge in [-0.25, -0.2) is 0 Å². The number of aliphatic hydroxyl groups excluding tert-OH is 1. The Morgan fingerprint density at radius 3 is 2.52 bits per heavy atom. The van der Waals surface area contributed by atoms with Crippen LogP contribution in [0.4, 0.5) is 0 Å². The molecule has 1 aliphatic carbocycles. The molecule has 1 aromatic rings. The van der Waals surface area contributed by atoms with Gasteiger partial charge in [-0.1, -0.05) is 63.4 Å². The highest BCUT2D eigenvalue weighted by Crippen LogP contribution is 2.36. The van der Waals surface area contributed by atoms with E-state index < -0.39 is 23.5 Å². The van der Waals surface area contributed by atoms with Gasteiger partial charge >= 0.3 is 0 Å². The highest BCUT2D eigenvalue weighted by atomic mass is 16.3. The van der Waals surface area contributed by atoms with Crippen molar-refractivity contribution in [3.05, 3.63) is 35.9 Å². The SMILES string of the molecule is CC(C)(CC(=O)N[C@@H](Cc1ccccc1)[C@H](O)CN1CCC2CCCC[C@@H]2C1)C(N)=O. The number of fused-ring (bicyclic) bond motifs is 1. The van der Waals surface area contributed by atoms with Crippen LogP contribution in [0, 0.1) is 17.3 Å². The number of nitrogens with two attached hydrogens (primary N) is 1. The number of β-amino-alcohol motifs (C(OH)–C–C–N with tert-alkyl or cyclic N) is 1. The largest absolute Gasteiger partial charge is 0.390 e. The van der Waals surface area contributed by atoms with Gasteiger partial charge in [0.1, 0.15) is 0 Å². The Labute approximate surface area is 186 Å². The summed E-state index contributed by atoms with van der Waals surface area (Å²) in [5.41, 5.74) is 5.58. The smallest absolute Gasteiger partial charge is 0.223 e. The van der Waals surface area contributed by atoms with E-state index in [4.69, 9.17) is 5.73 Å². The number of rotatable bonds is 9. The molecule has 0 radical (unpaired) electrons. The van der Waals surface area contributed by atoms with Crippen LogP contribution in [0.2, 0.25) is 0 Å². The minimum Gasteiger partial charge on any atom is -0.390 e. The zero-order valence-corrected chi connectivity index (χ0v) is 19.1. The van der Waals surface area contributed by atoms with Crippen LogP contribution in [0.15, 0.2) is 30.3 Å². The van der Waals surface area contributed by atoms with Crippen LogP contribution in [0.5, 0.6) is 0 Å². The number of amides is 2. The third-order valence-corrected chi connectivity index (χ3v) is 7.20. The Bertz CT molecular complexity index is 737. The van der Waals surface area contributed by atoms with Crippen LogP contribution in [0.3, 0.4) is 0 Å². The Balaban J connectivity index is 1.63. The second kappa shape index (κ2) is 10.6. The molecule has 1 unspecified atom stereocenters. The van der Waals surface area contributed by atoms with Gasteiger partial charge in [0.25, 0.3) is 0 Å². The van der Waals surface area contributed by atoms with Gasteiger partial charge in [-0.15, -0.1) is 0 Å². The van der Waals surface area contributed by atoms with Crippen molar-refractivity contribution in [3.63, 3.8) is 0 Å². The highest BCUT2D eigenvalue weighted by Gasteiger charge is 2.34. The summed E-state index contributed by atoms with van der Waals surface area (Å²) >= 11 is 0. The fourth-order valence-electron chi connectivity index (χ4n) is 5.13. The zero-order chi connectivity index (χ0) is 22.4. The third-order valence-electron chi connectivity index (χ3n) is 7.20. The molecule has 31 heavy (non-hydrogen) atoms. The maximum atomic E-state index is 12.7. The van der Waals surface area contributed by atoms with Crippen molar-refractivity contribution in [1.29, 1.82) is 0 Å². The lowest BCUT2D eigenvalue weighted by molar-refractivity contribution is -0.133. The number of hydrogen-bond acceptors (Lipinski definition) is 4. The first-order chi connectivity index (χ1) is 14.7. The van der Waals surface area contributed by atoms with Crippen LogP contribution >= 0.6 is 0 Å². The predicted octanol–water partition coefficient (Wildman–Crippen LogP) is 2.49. The molecule has 0 spiro atoms. The molecule has 1 saturated heterocycles. The molecule has 1 heterocycles. The van der Waals surface area contributed by atoms with E-state index in [0.29, 0.717) is 13.0 Å². The number of piperidine rings is 1. The summed E-state index contributed by atoms with van der Waals surface area (Å²) in [4.78, 5) is 26.7. The van der Waals surface area contributed by atoms with E-state index in [1.54, 1.807) is 13.8 Å². The molecule has 172 valence electrons. The van der Waals surface area contributed by atoms with Crippen molar-refractivity contribution in [2.75, 3.05) is 19.6 Å². The Kier molecular flexibility index (Phi) is 8.11. The molecular weight excluding hydrogens is 390 g/mol. The molecule has 6 heteroatoms. The molecule has 4 N–H and O–H groups in total. The minimum absolute atomic E-state index is 0.00775. The lowest BCUT2D eigenvalue weighted by Crippen LogP contribution is -2.52. The van der Waals surface area contributed by atoms with Crippen molar-refractivity contribution >= 4 is 11.8 Å². The summed E-state index contributed by atoms with van der Waals surface area (Å²) in [6, 6.07) is 9.48. The fourth-order valence-corrected chi connectivity index (χ4v) is 5.13.